The van der Waals surface area contributed by atoms with Crippen LogP contribution in [0, 0.1) is 17.8 Å². The Labute approximate surface area is 149 Å². The van der Waals surface area contributed by atoms with Gasteiger partial charge < -0.3 is 4.90 Å². The first-order valence-corrected chi connectivity index (χ1v) is 10.6. The molecule has 1 aromatic carbocycles. The van der Waals surface area contributed by atoms with Crippen LogP contribution in [0.5, 0.6) is 0 Å². The quantitative estimate of drug-likeness (QED) is 0.647. The first kappa shape index (κ1) is 18.0. The van der Waals surface area contributed by atoms with Crippen LogP contribution in [0.2, 0.25) is 0 Å². The number of benzene rings is 1. The Morgan fingerprint density at radius 1 is 0.792 bits per heavy atom. The van der Waals surface area contributed by atoms with Gasteiger partial charge in [-0.15, -0.1) is 0 Å². The van der Waals surface area contributed by atoms with Crippen molar-refractivity contribution in [2.75, 3.05) is 19.6 Å². The number of nitrogens with zero attached hydrogens (tertiary/aromatic N) is 1. The van der Waals surface area contributed by atoms with E-state index in [0.717, 1.165) is 17.8 Å². The van der Waals surface area contributed by atoms with E-state index >= 15 is 0 Å². The van der Waals surface area contributed by atoms with Crippen molar-refractivity contribution >= 4 is 0 Å². The molecule has 1 aromatic rings. The summed E-state index contributed by atoms with van der Waals surface area (Å²) in [5.41, 5.74) is 1.53. The smallest absolute Gasteiger partial charge is 0.000966 e. The summed E-state index contributed by atoms with van der Waals surface area (Å²) in [5.74, 6) is 2.90. The molecule has 24 heavy (non-hydrogen) atoms. The molecule has 134 valence electrons. The zero-order valence-electron chi connectivity index (χ0n) is 15.8. The second kappa shape index (κ2) is 9.61. The van der Waals surface area contributed by atoms with Crippen LogP contribution in [-0.4, -0.2) is 24.5 Å². The average Bonchev–Trinajstić information content (AvgIpc) is 2.60. The van der Waals surface area contributed by atoms with Crippen LogP contribution < -0.4 is 0 Å². The number of piperidine rings is 1. The molecule has 0 N–H and O–H groups in total. The fourth-order valence-corrected chi connectivity index (χ4v) is 4.90. The van der Waals surface area contributed by atoms with Crippen LogP contribution in [-0.2, 0) is 6.42 Å². The second-order valence-electron chi connectivity index (χ2n) is 8.44. The minimum absolute atomic E-state index is 0.908. The number of rotatable bonds is 5. The first-order chi connectivity index (χ1) is 11.8. The molecule has 0 amide bonds. The molecule has 1 saturated heterocycles. The Kier molecular flexibility index (Phi) is 7.20. The SMILES string of the molecule is CCC1CCCC[C@@H](CN2CCC(Cc3ccccc3)CC2)CC1. The van der Waals surface area contributed by atoms with Gasteiger partial charge in [-0.3, -0.25) is 0 Å². The summed E-state index contributed by atoms with van der Waals surface area (Å²) in [6, 6.07) is 11.1. The predicted octanol–water partition coefficient (Wildman–Crippen LogP) is 5.94. The average molecular weight is 328 g/mol. The molecule has 0 spiro atoms. The Morgan fingerprint density at radius 3 is 2.17 bits per heavy atom. The van der Waals surface area contributed by atoms with Gasteiger partial charge in [-0.25, -0.2) is 0 Å². The van der Waals surface area contributed by atoms with Gasteiger partial charge in [-0.05, 0) is 68.5 Å². The largest absolute Gasteiger partial charge is 0.303 e. The van der Waals surface area contributed by atoms with Gasteiger partial charge in [0.05, 0.1) is 0 Å². The zero-order chi connectivity index (χ0) is 16.6. The molecule has 1 saturated carbocycles. The van der Waals surface area contributed by atoms with Crippen molar-refractivity contribution in [1.82, 2.24) is 4.90 Å². The van der Waals surface area contributed by atoms with Crippen LogP contribution in [0.3, 0.4) is 0 Å². The molecule has 1 nitrogen and oxygen atoms in total. The molecule has 0 aromatic heterocycles. The third-order valence-electron chi connectivity index (χ3n) is 6.63. The van der Waals surface area contributed by atoms with Crippen molar-refractivity contribution in [3.8, 4) is 0 Å². The maximum absolute atomic E-state index is 2.79. The van der Waals surface area contributed by atoms with Gasteiger partial charge in [-0.2, -0.15) is 0 Å². The third kappa shape index (κ3) is 5.62. The summed E-state index contributed by atoms with van der Waals surface area (Å²) in [6.45, 7) is 6.45. The van der Waals surface area contributed by atoms with Crippen molar-refractivity contribution in [2.24, 2.45) is 17.8 Å². The highest BCUT2D eigenvalue weighted by Crippen LogP contribution is 2.30. The van der Waals surface area contributed by atoms with Crippen molar-refractivity contribution in [3.63, 3.8) is 0 Å². The maximum Gasteiger partial charge on any atom is 0.000966 e. The van der Waals surface area contributed by atoms with Crippen LogP contribution in [0.15, 0.2) is 30.3 Å². The van der Waals surface area contributed by atoms with E-state index in [1.807, 2.05) is 0 Å². The first-order valence-electron chi connectivity index (χ1n) is 10.6. The van der Waals surface area contributed by atoms with Gasteiger partial charge in [0.2, 0.25) is 0 Å². The summed E-state index contributed by atoms with van der Waals surface area (Å²) in [5, 5.41) is 0. The molecule has 0 radical (unpaired) electrons. The third-order valence-corrected chi connectivity index (χ3v) is 6.63. The van der Waals surface area contributed by atoms with E-state index in [9.17, 15) is 0 Å². The highest BCUT2D eigenvalue weighted by atomic mass is 15.1. The standard InChI is InChI=1S/C23H37N/c1-2-20-8-6-7-11-23(13-12-20)19-24-16-14-22(15-17-24)18-21-9-4-3-5-10-21/h3-5,9-10,20,22-23H,2,6-8,11-19H2,1H3/t20?,23-/m1/s1. The summed E-state index contributed by atoms with van der Waals surface area (Å²) in [6.07, 6.45) is 14.4. The fourth-order valence-electron chi connectivity index (χ4n) is 4.90. The van der Waals surface area contributed by atoms with Gasteiger partial charge >= 0.3 is 0 Å². The Hall–Kier alpha value is -0.820. The molecule has 0 bridgehead atoms. The zero-order valence-corrected chi connectivity index (χ0v) is 15.8. The minimum Gasteiger partial charge on any atom is -0.303 e. The predicted molar refractivity (Wildman–Crippen MR) is 104 cm³/mol. The van der Waals surface area contributed by atoms with E-state index < -0.39 is 0 Å². The molecule has 1 heterocycles. The lowest BCUT2D eigenvalue weighted by molar-refractivity contribution is 0.145. The van der Waals surface area contributed by atoms with Crippen LogP contribution in [0.1, 0.15) is 70.3 Å². The molecule has 1 aliphatic carbocycles. The lowest BCUT2D eigenvalue weighted by Gasteiger charge is -2.35. The Balaban J connectivity index is 1.40. The Morgan fingerprint density at radius 2 is 1.46 bits per heavy atom. The van der Waals surface area contributed by atoms with Crippen molar-refractivity contribution in [3.05, 3.63) is 35.9 Å². The minimum atomic E-state index is 0.908. The highest BCUT2D eigenvalue weighted by Gasteiger charge is 2.23. The second-order valence-corrected chi connectivity index (χ2v) is 8.44. The normalized spacial score (nSPS) is 27.5. The lowest BCUT2D eigenvalue weighted by Crippen LogP contribution is -2.38. The van der Waals surface area contributed by atoms with Crippen molar-refractivity contribution in [1.29, 1.82) is 0 Å². The molecule has 1 heteroatoms. The monoisotopic (exact) mass is 327 g/mol. The molecular weight excluding hydrogens is 290 g/mol. The molecule has 2 aliphatic rings. The van der Waals surface area contributed by atoms with Crippen LogP contribution in [0.25, 0.3) is 0 Å². The molecule has 1 aliphatic heterocycles. The lowest BCUT2D eigenvalue weighted by atomic mass is 9.83. The number of hydrogen-bond donors (Lipinski definition) is 0. The van der Waals surface area contributed by atoms with E-state index in [0.29, 0.717) is 0 Å². The van der Waals surface area contributed by atoms with Gasteiger partial charge in [-0.1, -0.05) is 69.4 Å². The van der Waals surface area contributed by atoms with Crippen LogP contribution in [0.4, 0.5) is 0 Å². The van der Waals surface area contributed by atoms with E-state index in [1.165, 1.54) is 89.4 Å². The summed E-state index contributed by atoms with van der Waals surface area (Å²) < 4.78 is 0. The van der Waals surface area contributed by atoms with E-state index in [4.69, 9.17) is 0 Å². The number of likely N-dealkylation sites (tertiary alicyclic amines) is 1. The van der Waals surface area contributed by atoms with Gasteiger partial charge in [0.15, 0.2) is 0 Å². The maximum atomic E-state index is 2.79. The molecule has 1 unspecified atom stereocenters. The molecular formula is C23H37N. The van der Waals surface area contributed by atoms with Crippen molar-refractivity contribution < 1.29 is 0 Å². The highest BCUT2D eigenvalue weighted by molar-refractivity contribution is 5.15. The molecule has 2 fully saturated rings. The van der Waals surface area contributed by atoms with Gasteiger partial charge in [0.1, 0.15) is 0 Å². The topological polar surface area (TPSA) is 3.24 Å². The summed E-state index contributed by atoms with van der Waals surface area (Å²) >= 11 is 0. The van der Waals surface area contributed by atoms with Crippen LogP contribution >= 0.6 is 0 Å². The summed E-state index contributed by atoms with van der Waals surface area (Å²) in [7, 11) is 0. The van der Waals surface area contributed by atoms with Gasteiger partial charge in [0, 0.05) is 6.54 Å². The van der Waals surface area contributed by atoms with E-state index in [1.54, 1.807) is 0 Å². The van der Waals surface area contributed by atoms with E-state index in [-0.39, 0.29) is 0 Å². The van der Waals surface area contributed by atoms with E-state index in [2.05, 4.69) is 42.2 Å². The Bertz CT molecular complexity index is 446. The van der Waals surface area contributed by atoms with Crippen molar-refractivity contribution in [2.45, 2.75) is 71.1 Å². The number of hydrogen-bond acceptors (Lipinski definition) is 1. The molecule has 3 rings (SSSR count). The summed E-state index contributed by atoms with van der Waals surface area (Å²) in [4.78, 5) is 2.79. The fraction of sp³-hybridized carbons (Fsp3) is 0.739. The van der Waals surface area contributed by atoms with Gasteiger partial charge in [0.25, 0.3) is 0 Å². The molecule has 2 atom stereocenters.